The van der Waals surface area contributed by atoms with Crippen molar-refractivity contribution in [2.24, 2.45) is 0 Å². The summed E-state index contributed by atoms with van der Waals surface area (Å²) in [6, 6.07) is 0. The standard InChI is InChI=1S/C7H12O4/c1-5-6(10-4-9-2)3-7(8)11-5/h5-6H,3-4H2,1-2H3/t5-,6+/m1/s1. The third kappa shape index (κ3) is 2.17. The minimum Gasteiger partial charge on any atom is -0.460 e. The zero-order chi connectivity index (χ0) is 8.27. The maximum atomic E-state index is 10.7. The lowest BCUT2D eigenvalue weighted by Gasteiger charge is -2.12. The molecule has 0 spiro atoms. The van der Waals surface area contributed by atoms with Crippen LogP contribution in [0.25, 0.3) is 0 Å². The van der Waals surface area contributed by atoms with Crippen LogP contribution in [0.1, 0.15) is 13.3 Å². The highest BCUT2D eigenvalue weighted by Crippen LogP contribution is 2.17. The van der Waals surface area contributed by atoms with Crippen molar-refractivity contribution in [1.82, 2.24) is 0 Å². The van der Waals surface area contributed by atoms with Gasteiger partial charge in [0.1, 0.15) is 19.0 Å². The fourth-order valence-electron chi connectivity index (χ4n) is 1.01. The molecule has 0 saturated carbocycles. The number of hydrogen-bond donors (Lipinski definition) is 0. The van der Waals surface area contributed by atoms with E-state index < -0.39 is 0 Å². The molecule has 11 heavy (non-hydrogen) atoms. The summed E-state index contributed by atoms with van der Waals surface area (Å²) in [6.45, 7) is 2.02. The Morgan fingerprint density at radius 1 is 1.73 bits per heavy atom. The summed E-state index contributed by atoms with van der Waals surface area (Å²) in [7, 11) is 1.54. The van der Waals surface area contributed by atoms with Gasteiger partial charge in [-0.2, -0.15) is 0 Å². The molecule has 0 aliphatic carbocycles. The van der Waals surface area contributed by atoms with Crippen molar-refractivity contribution in [1.29, 1.82) is 0 Å². The summed E-state index contributed by atoms with van der Waals surface area (Å²) in [5, 5.41) is 0. The summed E-state index contributed by atoms with van der Waals surface area (Å²) >= 11 is 0. The molecule has 4 heteroatoms. The highest BCUT2D eigenvalue weighted by molar-refractivity contribution is 5.72. The summed E-state index contributed by atoms with van der Waals surface area (Å²) in [6.07, 6.45) is 0.0601. The number of cyclic esters (lactones) is 1. The first-order valence-corrected chi connectivity index (χ1v) is 3.54. The summed E-state index contributed by atoms with van der Waals surface area (Å²) in [5.74, 6) is -0.196. The molecule has 0 aromatic heterocycles. The molecule has 0 amide bonds. The largest absolute Gasteiger partial charge is 0.460 e. The first-order chi connectivity index (χ1) is 5.24. The van der Waals surface area contributed by atoms with E-state index in [9.17, 15) is 4.79 Å². The van der Waals surface area contributed by atoms with Crippen molar-refractivity contribution in [3.8, 4) is 0 Å². The van der Waals surface area contributed by atoms with Crippen LogP contribution in [0, 0.1) is 0 Å². The molecule has 1 saturated heterocycles. The molecule has 0 unspecified atom stereocenters. The van der Waals surface area contributed by atoms with Gasteiger partial charge >= 0.3 is 5.97 Å². The number of methoxy groups -OCH3 is 1. The van der Waals surface area contributed by atoms with Crippen LogP contribution in [0.5, 0.6) is 0 Å². The molecule has 1 fully saturated rings. The molecule has 0 N–H and O–H groups in total. The molecule has 1 aliphatic rings. The van der Waals surface area contributed by atoms with Gasteiger partial charge in [-0.1, -0.05) is 0 Å². The van der Waals surface area contributed by atoms with Crippen molar-refractivity contribution in [2.45, 2.75) is 25.6 Å². The quantitative estimate of drug-likeness (QED) is 0.440. The lowest BCUT2D eigenvalue weighted by molar-refractivity contribution is -0.141. The fourth-order valence-corrected chi connectivity index (χ4v) is 1.01. The molecule has 0 aromatic rings. The molecule has 1 rings (SSSR count). The highest BCUT2D eigenvalue weighted by atomic mass is 16.7. The van der Waals surface area contributed by atoms with Crippen LogP contribution >= 0.6 is 0 Å². The average molecular weight is 160 g/mol. The third-order valence-electron chi connectivity index (χ3n) is 1.61. The minimum atomic E-state index is -0.196. The maximum Gasteiger partial charge on any atom is 0.308 e. The Morgan fingerprint density at radius 2 is 2.45 bits per heavy atom. The van der Waals surface area contributed by atoms with E-state index in [1.54, 1.807) is 7.11 Å². The SMILES string of the molecule is COCO[C@H]1CC(=O)O[C@@H]1C. The smallest absolute Gasteiger partial charge is 0.308 e. The molecule has 64 valence electrons. The van der Waals surface area contributed by atoms with Gasteiger partial charge in [-0.25, -0.2) is 0 Å². The number of carbonyl (C=O) groups is 1. The van der Waals surface area contributed by atoms with Gasteiger partial charge in [0.2, 0.25) is 0 Å². The number of rotatable bonds is 3. The highest BCUT2D eigenvalue weighted by Gasteiger charge is 2.31. The Morgan fingerprint density at radius 3 is 2.91 bits per heavy atom. The minimum absolute atomic E-state index is 0.137. The van der Waals surface area contributed by atoms with E-state index in [-0.39, 0.29) is 25.0 Å². The Labute approximate surface area is 65.4 Å². The van der Waals surface area contributed by atoms with E-state index in [1.165, 1.54) is 0 Å². The third-order valence-corrected chi connectivity index (χ3v) is 1.61. The van der Waals surface area contributed by atoms with Gasteiger partial charge in [-0.15, -0.1) is 0 Å². The Kier molecular flexibility index (Phi) is 2.84. The van der Waals surface area contributed by atoms with E-state index >= 15 is 0 Å². The van der Waals surface area contributed by atoms with Crippen LogP contribution in [-0.2, 0) is 19.0 Å². The summed E-state index contributed by atoms with van der Waals surface area (Å²) in [5.41, 5.74) is 0. The van der Waals surface area contributed by atoms with Crippen molar-refractivity contribution >= 4 is 5.97 Å². The average Bonchev–Trinajstić information content (AvgIpc) is 2.26. The van der Waals surface area contributed by atoms with Gasteiger partial charge in [0.15, 0.2) is 0 Å². The number of esters is 1. The molecule has 4 nitrogen and oxygen atoms in total. The molecule has 1 aliphatic heterocycles. The van der Waals surface area contributed by atoms with Gasteiger partial charge in [0.05, 0.1) is 6.42 Å². The molecular weight excluding hydrogens is 148 g/mol. The van der Waals surface area contributed by atoms with Crippen molar-refractivity contribution in [3.63, 3.8) is 0 Å². The van der Waals surface area contributed by atoms with Crippen LogP contribution < -0.4 is 0 Å². The zero-order valence-electron chi connectivity index (χ0n) is 6.70. The van der Waals surface area contributed by atoms with Gasteiger partial charge in [0.25, 0.3) is 0 Å². The zero-order valence-corrected chi connectivity index (χ0v) is 6.70. The van der Waals surface area contributed by atoms with E-state index in [0.717, 1.165) is 0 Å². The molecule has 2 atom stereocenters. The fraction of sp³-hybridized carbons (Fsp3) is 0.857. The van der Waals surface area contributed by atoms with E-state index in [2.05, 4.69) is 0 Å². The lowest BCUT2D eigenvalue weighted by Crippen LogP contribution is -2.22. The lowest BCUT2D eigenvalue weighted by atomic mass is 10.2. The van der Waals surface area contributed by atoms with Crippen LogP contribution in [0.4, 0.5) is 0 Å². The van der Waals surface area contributed by atoms with Crippen LogP contribution in [-0.4, -0.2) is 32.1 Å². The molecule has 0 aromatic carbocycles. The van der Waals surface area contributed by atoms with Crippen molar-refractivity contribution < 1.29 is 19.0 Å². The van der Waals surface area contributed by atoms with Crippen LogP contribution in [0.2, 0.25) is 0 Å². The predicted molar refractivity (Wildman–Crippen MR) is 36.9 cm³/mol. The molecule has 1 heterocycles. The maximum absolute atomic E-state index is 10.7. The summed E-state index contributed by atoms with van der Waals surface area (Å²) in [4.78, 5) is 10.7. The number of hydrogen-bond acceptors (Lipinski definition) is 4. The second-order valence-electron chi connectivity index (χ2n) is 2.51. The predicted octanol–water partition coefficient (Wildman–Crippen LogP) is 0.311. The second-order valence-corrected chi connectivity index (χ2v) is 2.51. The first kappa shape index (κ1) is 8.49. The van der Waals surface area contributed by atoms with E-state index in [4.69, 9.17) is 14.2 Å². The summed E-state index contributed by atoms with van der Waals surface area (Å²) < 4.78 is 14.7. The van der Waals surface area contributed by atoms with Gasteiger partial charge in [0, 0.05) is 7.11 Å². The molecule has 0 bridgehead atoms. The van der Waals surface area contributed by atoms with Gasteiger partial charge in [-0.05, 0) is 6.92 Å². The van der Waals surface area contributed by atoms with Crippen LogP contribution in [0.3, 0.4) is 0 Å². The first-order valence-electron chi connectivity index (χ1n) is 3.54. The number of ether oxygens (including phenoxy) is 3. The molecular formula is C7H12O4. The second kappa shape index (κ2) is 3.69. The molecule has 0 radical (unpaired) electrons. The monoisotopic (exact) mass is 160 g/mol. The van der Waals surface area contributed by atoms with Crippen LogP contribution in [0.15, 0.2) is 0 Å². The Bertz CT molecular complexity index is 145. The van der Waals surface area contributed by atoms with Crippen molar-refractivity contribution in [2.75, 3.05) is 13.9 Å². The van der Waals surface area contributed by atoms with E-state index in [0.29, 0.717) is 6.42 Å². The number of carbonyl (C=O) groups excluding carboxylic acids is 1. The van der Waals surface area contributed by atoms with Crippen molar-refractivity contribution in [3.05, 3.63) is 0 Å². The Hall–Kier alpha value is -0.610. The van der Waals surface area contributed by atoms with Gasteiger partial charge in [-0.3, -0.25) is 4.79 Å². The Balaban J connectivity index is 2.28. The normalized spacial score (nSPS) is 30.5. The topological polar surface area (TPSA) is 44.8 Å². The van der Waals surface area contributed by atoms with E-state index in [1.807, 2.05) is 6.92 Å². The van der Waals surface area contributed by atoms with Gasteiger partial charge < -0.3 is 14.2 Å².